The quantitative estimate of drug-likeness (QED) is 0.651. The third kappa shape index (κ3) is 4.39. The Labute approximate surface area is 138 Å². The molecule has 0 aliphatic carbocycles. The molecule has 0 bridgehead atoms. The molecule has 2 rings (SSSR count). The summed E-state index contributed by atoms with van der Waals surface area (Å²) in [5.74, 6) is -0.484. The molecular formula is C17H17N3O4. The number of carbonyl (C=O) groups is 2. The lowest BCUT2D eigenvalue weighted by Crippen LogP contribution is -2.19. The molecule has 2 aromatic carbocycles. The van der Waals surface area contributed by atoms with E-state index in [-0.39, 0.29) is 17.5 Å². The second kappa shape index (κ2) is 7.36. The molecule has 7 nitrogen and oxygen atoms in total. The zero-order chi connectivity index (χ0) is 17.7. The molecule has 0 unspecified atom stereocenters. The molecule has 0 heterocycles. The van der Waals surface area contributed by atoms with Crippen LogP contribution in [0.15, 0.2) is 42.5 Å². The summed E-state index contributed by atoms with van der Waals surface area (Å²) in [6.07, 6.45) is 0. The van der Waals surface area contributed by atoms with Crippen LogP contribution >= 0.6 is 0 Å². The first-order valence-electron chi connectivity index (χ1n) is 7.26. The molecule has 2 N–H and O–H groups in total. The number of amides is 2. The van der Waals surface area contributed by atoms with Gasteiger partial charge in [0, 0.05) is 31.2 Å². The summed E-state index contributed by atoms with van der Waals surface area (Å²) in [7, 11) is 0. The van der Waals surface area contributed by atoms with Crippen LogP contribution in [0.3, 0.4) is 0 Å². The van der Waals surface area contributed by atoms with E-state index in [0.29, 0.717) is 17.8 Å². The molecule has 0 aliphatic heterocycles. The third-order valence-corrected chi connectivity index (χ3v) is 3.44. The Morgan fingerprint density at radius 2 is 1.79 bits per heavy atom. The van der Waals surface area contributed by atoms with Gasteiger partial charge >= 0.3 is 0 Å². The number of anilines is 1. The highest BCUT2D eigenvalue weighted by molar-refractivity contribution is 6.04. The summed E-state index contributed by atoms with van der Waals surface area (Å²) < 4.78 is 0. The normalized spacial score (nSPS) is 10.1. The maximum atomic E-state index is 12.3. The fourth-order valence-corrected chi connectivity index (χ4v) is 2.05. The van der Waals surface area contributed by atoms with Crippen molar-refractivity contribution in [3.8, 4) is 0 Å². The van der Waals surface area contributed by atoms with Crippen LogP contribution in [0.4, 0.5) is 11.4 Å². The van der Waals surface area contributed by atoms with Gasteiger partial charge in [0.2, 0.25) is 5.91 Å². The molecule has 124 valence electrons. The SMILES string of the molecule is CC(=O)NCc1ccc(C(=O)Nc2cc([N+](=O)[O-])ccc2C)cc1. The van der Waals surface area contributed by atoms with Gasteiger partial charge < -0.3 is 10.6 Å². The van der Waals surface area contributed by atoms with Gasteiger partial charge in [0.25, 0.3) is 11.6 Å². The van der Waals surface area contributed by atoms with Gasteiger partial charge in [-0.25, -0.2) is 0 Å². The minimum Gasteiger partial charge on any atom is -0.352 e. The average molecular weight is 327 g/mol. The largest absolute Gasteiger partial charge is 0.352 e. The molecule has 0 atom stereocenters. The Morgan fingerprint density at radius 3 is 2.38 bits per heavy atom. The lowest BCUT2D eigenvalue weighted by molar-refractivity contribution is -0.384. The van der Waals surface area contributed by atoms with Crippen molar-refractivity contribution in [1.82, 2.24) is 5.32 Å². The van der Waals surface area contributed by atoms with Gasteiger partial charge in [-0.15, -0.1) is 0 Å². The molecule has 0 spiro atoms. The summed E-state index contributed by atoms with van der Waals surface area (Å²) in [4.78, 5) is 33.5. The molecule has 0 aliphatic rings. The number of nitro benzene ring substituents is 1. The van der Waals surface area contributed by atoms with Crippen LogP contribution in [0.25, 0.3) is 0 Å². The maximum Gasteiger partial charge on any atom is 0.271 e. The number of hydrogen-bond donors (Lipinski definition) is 2. The molecule has 0 aromatic heterocycles. The molecule has 2 amide bonds. The number of rotatable bonds is 5. The molecule has 0 saturated carbocycles. The van der Waals surface area contributed by atoms with Crippen molar-refractivity contribution >= 4 is 23.2 Å². The zero-order valence-electron chi connectivity index (χ0n) is 13.3. The van der Waals surface area contributed by atoms with E-state index < -0.39 is 4.92 Å². The lowest BCUT2D eigenvalue weighted by Gasteiger charge is -2.09. The molecule has 0 fully saturated rings. The molecule has 24 heavy (non-hydrogen) atoms. The van der Waals surface area contributed by atoms with Gasteiger partial charge in [0.05, 0.1) is 10.6 Å². The van der Waals surface area contributed by atoms with Crippen molar-refractivity contribution in [2.24, 2.45) is 0 Å². The van der Waals surface area contributed by atoms with Crippen LogP contribution in [0.5, 0.6) is 0 Å². The van der Waals surface area contributed by atoms with E-state index >= 15 is 0 Å². The van der Waals surface area contributed by atoms with Crippen molar-refractivity contribution in [1.29, 1.82) is 0 Å². The Balaban J connectivity index is 2.11. The van der Waals surface area contributed by atoms with Gasteiger partial charge in [-0.2, -0.15) is 0 Å². The number of hydrogen-bond acceptors (Lipinski definition) is 4. The van der Waals surface area contributed by atoms with E-state index in [1.165, 1.54) is 19.1 Å². The standard InChI is InChI=1S/C17H17N3O4/c1-11-3-8-15(20(23)24)9-16(11)19-17(22)14-6-4-13(5-7-14)10-18-12(2)21/h3-9H,10H2,1-2H3,(H,18,21)(H,19,22). The number of non-ortho nitro benzene ring substituents is 1. The van der Waals surface area contributed by atoms with Gasteiger partial charge in [0.15, 0.2) is 0 Å². The number of aryl methyl sites for hydroxylation is 1. The highest BCUT2D eigenvalue weighted by Gasteiger charge is 2.12. The van der Waals surface area contributed by atoms with Gasteiger partial charge in [-0.1, -0.05) is 18.2 Å². The number of nitro groups is 1. The minimum absolute atomic E-state index is 0.0819. The average Bonchev–Trinajstić information content (AvgIpc) is 2.55. The van der Waals surface area contributed by atoms with Crippen LogP contribution in [-0.4, -0.2) is 16.7 Å². The summed E-state index contributed by atoms with van der Waals surface area (Å²) >= 11 is 0. The second-order valence-electron chi connectivity index (χ2n) is 5.32. The van der Waals surface area contributed by atoms with Crippen LogP contribution in [0, 0.1) is 17.0 Å². The van der Waals surface area contributed by atoms with E-state index in [4.69, 9.17) is 0 Å². The first-order chi connectivity index (χ1) is 11.4. The van der Waals surface area contributed by atoms with Crippen LogP contribution in [0.2, 0.25) is 0 Å². The predicted molar refractivity (Wildman–Crippen MR) is 89.7 cm³/mol. The summed E-state index contributed by atoms with van der Waals surface area (Å²) in [6, 6.07) is 11.1. The first-order valence-corrected chi connectivity index (χ1v) is 7.26. The summed E-state index contributed by atoms with van der Waals surface area (Å²) in [6.45, 7) is 3.58. The Hall–Kier alpha value is -3.22. The molecule has 2 aromatic rings. The van der Waals surface area contributed by atoms with Gasteiger partial charge in [-0.3, -0.25) is 19.7 Å². The zero-order valence-corrected chi connectivity index (χ0v) is 13.3. The van der Waals surface area contributed by atoms with Crippen molar-refractivity contribution in [2.45, 2.75) is 20.4 Å². The fourth-order valence-electron chi connectivity index (χ4n) is 2.05. The highest BCUT2D eigenvalue weighted by atomic mass is 16.6. The van der Waals surface area contributed by atoms with E-state index in [0.717, 1.165) is 11.1 Å². The number of nitrogens with zero attached hydrogens (tertiary/aromatic N) is 1. The van der Waals surface area contributed by atoms with Gasteiger partial charge in [-0.05, 0) is 30.2 Å². The van der Waals surface area contributed by atoms with Crippen LogP contribution < -0.4 is 10.6 Å². The third-order valence-electron chi connectivity index (χ3n) is 3.44. The van der Waals surface area contributed by atoms with Crippen LogP contribution in [-0.2, 0) is 11.3 Å². The minimum atomic E-state index is -0.508. The molecule has 7 heteroatoms. The van der Waals surface area contributed by atoms with E-state index in [1.54, 1.807) is 37.3 Å². The van der Waals surface area contributed by atoms with Crippen molar-refractivity contribution in [2.75, 3.05) is 5.32 Å². The highest BCUT2D eigenvalue weighted by Crippen LogP contribution is 2.22. The molecular weight excluding hydrogens is 310 g/mol. The van der Waals surface area contributed by atoms with Crippen molar-refractivity contribution < 1.29 is 14.5 Å². The van der Waals surface area contributed by atoms with Crippen molar-refractivity contribution in [3.63, 3.8) is 0 Å². The van der Waals surface area contributed by atoms with Crippen molar-refractivity contribution in [3.05, 3.63) is 69.3 Å². The lowest BCUT2D eigenvalue weighted by atomic mass is 10.1. The fraction of sp³-hybridized carbons (Fsp3) is 0.176. The van der Waals surface area contributed by atoms with Gasteiger partial charge in [0.1, 0.15) is 0 Å². The summed E-state index contributed by atoms with van der Waals surface area (Å²) in [5.41, 5.74) is 2.34. The number of carbonyl (C=O) groups excluding carboxylic acids is 2. The number of benzene rings is 2. The molecule has 0 radical (unpaired) electrons. The monoisotopic (exact) mass is 327 g/mol. The second-order valence-corrected chi connectivity index (χ2v) is 5.32. The van der Waals surface area contributed by atoms with E-state index in [2.05, 4.69) is 10.6 Å². The predicted octanol–water partition coefficient (Wildman–Crippen LogP) is 2.79. The molecule has 0 saturated heterocycles. The topological polar surface area (TPSA) is 101 Å². The van der Waals surface area contributed by atoms with E-state index in [1.807, 2.05) is 0 Å². The Kier molecular flexibility index (Phi) is 5.26. The Bertz CT molecular complexity index is 785. The van der Waals surface area contributed by atoms with E-state index in [9.17, 15) is 19.7 Å². The first kappa shape index (κ1) is 17.1. The Morgan fingerprint density at radius 1 is 1.12 bits per heavy atom. The summed E-state index contributed by atoms with van der Waals surface area (Å²) in [5, 5.41) is 16.2. The maximum absolute atomic E-state index is 12.3. The van der Waals surface area contributed by atoms with Crippen LogP contribution in [0.1, 0.15) is 28.4 Å². The smallest absolute Gasteiger partial charge is 0.271 e. The number of nitrogens with one attached hydrogen (secondary N) is 2.